The molecule has 0 spiro atoms. The molecule has 0 saturated carbocycles. The maximum Gasteiger partial charge on any atom is 0.253 e. The standard InChI is InChI=1S/C15H20ClN3O2/c1-3-18-15(21)12-5-4-11(16)6-13(12)19-14(20)9(2)10-7-17-8-10/h4-6,9-10,17H,3,7-8H2,1-2H3,(H,18,21)(H,19,20). The van der Waals surface area contributed by atoms with Crippen LogP contribution in [0.15, 0.2) is 18.2 Å². The summed E-state index contributed by atoms with van der Waals surface area (Å²) in [5.74, 6) is -0.0684. The first-order valence-corrected chi connectivity index (χ1v) is 7.50. The predicted octanol–water partition coefficient (Wildman–Crippen LogP) is 1.88. The lowest BCUT2D eigenvalue weighted by Crippen LogP contribution is -2.48. The van der Waals surface area contributed by atoms with Gasteiger partial charge in [0, 0.05) is 17.5 Å². The van der Waals surface area contributed by atoms with E-state index in [0.717, 1.165) is 13.1 Å². The molecule has 0 aromatic heterocycles. The van der Waals surface area contributed by atoms with Crippen molar-refractivity contribution in [1.82, 2.24) is 10.6 Å². The number of amides is 2. The molecule has 6 heteroatoms. The Hall–Kier alpha value is -1.59. The van der Waals surface area contributed by atoms with Crippen LogP contribution in [0.5, 0.6) is 0 Å². The molecule has 0 radical (unpaired) electrons. The zero-order chi connectivity index (χ0) is 15.4. The molecule has 1 aliphatic heterocycles. The van der Waals surface area contributed by atoms with Gasteiger partial charge in [0.1, 0.15) is 0 Å². The van der Waals surface area contributed by atoms with E-state index >= 15 is 0 Å². The summed E-state index contributed by atoms with van der Waals surface area (Å²) in [5.41, 5.74) is 0.881. The molecule has 0 bridgehead atoms. The van der Waals surface area contributed by atoms with Gasteiger partial charge in [0.05, 0.1) is 11.3 Å². The van der Waals surface area contributed by atoms with Crippen LogP contribution in [0.4, 0.5) is 5.69 Å². The van der Waals surface area contributed by atoms with E-state index in [9.17, 15) is 9.59 Å². The predicted molar refractivity (Wildman–Crippen MR) is 83.6 cm³/mol. The van der Waals surface area contributed by atoms with Crippen molar-refractivity contribution < 1.29 is 9.59 Å². The lowest BCUT2D eigenvalue weighted by molar-refractivity contribution is -0.121. The highest BCUT2D eigenvalue weighted by molar-refractivity contribution is 6.31. The van der Waals surface area contributed by atoms with Crippen molar-refractivity contribution in [3.63, 3.8) is 0 Å². The van der Waals surface area contributed by atoms with Crippen molar-refractivity contribution in [3.05, 3.63) is 28.8 Å². The van der Waals surface area contributed by atoms with Crippen LogP contribution in [0, 0.1) is 11.8 Å². The molecule has 0 aliphatic carbocycles. The molecule has 2 rings (SSSR count). The molecule has 114 valence electrons. The van der Waals surface area contributed by atoms with Crippen LogP contribution in [0.25, 0.3) is 0 Å². The number of rotatable bonds is 5. The van der Waals surface area contributed by atoms with Crippen molar-refractivity contribution in [2.45, 2.75) is 13.8 Å². The van der Waals surface area contributed by atoms with Gasteiger partial charge in [-0.1, -0.05) is 18.5 Å². The summed E-state index contributed by atoms with van der Waals surface area (Å²) in [5, 5.41) is 9.19. The van der Waals surface area contributed by atoms with Crippen LogP contribution in [0.3, 0.4) is 0 Å². The Kier molecular flexibility index (Phi) is 5.20. The molecule has 1 aromatic rings. The number of hydrogen-bond donors (Lipinski definition) is 3. The number of nitrogens with one attached hydrogen (secondary N) is 3. The maximum absolute atomic E-state index is 12.3. The molecule has 21 heavy (non-hydrogen) atoms. The van der Waals surface area contributed by atoms with Gasteiger partial charge in [-0.25, -0.2) is 0 Å². The Labute approximate surface area is 129 Å². The highest BCUT2D eigenvalue weighted by Crippen LogP contribution is 2.24. The second-order valence-corrected chi connectivity index (χ2v) is 5.68. The number of benzene rings is 1. The van der Waals surface area contributed by atoms with Gasteiger partial charge in [-0.05, 0) is 44.1 Å². The normalized spacial score (nSPS) is 16.0. The molecule has 1 aromatic carbocycles. The number of carbonyl (C=O) groups is 2. The first-order chi connectivity index (χ1) is 10.0. The zero-order valence-electron chi connectivity index (χ0n) is 12.2. The smallest absolute Gasteiger partial charge is 0.253 e. The topological polar surface area (TPSA) is 70.2 Å². The fourth-order valence-electron chi connectivity index (χ4n) is 2.20. The summed E-state index contributed by atoms with van der Waals surface area (Å²) in [7, 11) is 0. The maximum atomic E-state index is 12.3. The zero-order valence-corrected chi connectivity index (χ0v) is 13.0. The molecular formula is C15H20ClN3O2. The second-order valence-electron chi connectivity index (χ2n) is 5.25. The number of hydrogen-bond acceptors (Lipinski definition) is 3. The van der Waals surface area contributed by atoms with Crippen molar-refractivity contribution >= 4 is 29.1 Å². The first kappa shape index (κ1) is 15.8. The minimum absolute atomic E-state index is 0.0886. The van der Waals surface area contributed by atoms with E-state index in [4.69, 9.17) is 11.6 Å². The van der Waals surface area contributed by atoms with Crippen LogP contribution in [-0.4, -0.2) is 31.4 Å². The van der Waals surface area contributed by atoms with Gasteiger partial charge in [0.2, 0.25) is 5.91 Å². The van der Waals surface area contributed by atoms with E-state index in [0.29, 0.717) is 28.7 Å². The summed E-state index contributed by atoms with van der Waals surface area (Å²) >= 11 is 5.97. The molecule has 3 N–H and O–H groups in total. The van der Waals surface area contributed by atoms with E-state index in [2.05, 4.69) is 16.0 Å². The van der Waals surface area contributed by atoms with Crippen LogP contribution < -0.4 is 16.0 Å². The Morgan fingerprint density at radius 1 is 1.43 bits per heavy atom. The summed E-state index contributed by atoms with van der Waals surface area (Å²) in [4.78, 5) is 24.3. The number of halogens is 1. The quantitative estimate of drug-likeness (QED) is 0.778. The van der Waals surface area contributed by atoms with E-state index in [-0.39, 0.29) is 17.7 Å². The Balaban J connectivity index is 2.15. The largest absolute Gasteiger partial charge is 0.352 e. The Morgan fingerprint density at radius 3 is 2.71 bits per heavy atom. The van der Waals surface area contributed by atoms with Crippen molar-refractivity contribution in [2.75, 3.05) is 25.0 Å². The number of carbonyl (C=O) groups excluding carboxylic acids is 2. The fraction of sp³-hybridized carbons (Fsp3) is 0.467. The minimum Gasteiger partial charge on any atom is -0.352 e. The van der Waals surface area contributed by atoms with Crippen LogP contribution >= 0.6 is 11.6 Å². The van der Waals surface area contributed by atoms with Gasteiger partial charge in [-0.15, -0.1) is 0 Å². The minimum atomic E-state index is -0.220. The molecule has 1 fully saturated rings. The third kappa shape index (κ3) is 3.74. The molecule has 1 aliphatic rings. The lowest BCUT2D eigenvalue weighted by atomic mass is 9.88. The van der Waals surface area contributed by atoms with Gasteiger partial charge in [0.25, 0.3) is 5.91 Å². The van der Waals surface area contributed by atoms with Crippen molar-refractivity contribution in [2.24, 2.45) is 11.8 Å². The Morgan fingerprint density at radius 2 is 2.14 bits per heavy atom. The van der Waals surface area contributed by atoms with Gasteiger partial charge in [-0.2, -0.15) is 0 Å². The average molecular weight is 310 g/mol. The van der Waals surface area contributed by atoms with Crippen LogP contribution in [0.1, 0.15) is 24.2 Å². The van der Waals surface area contributed by atoms with Gasteiger partial charge in [0.15, 0.2) is 0 Å². The van der Waals surface area contributed by atoms with Crippen LogP contribution in [-0.2, 0) is 4.79 Å². The van der Waals surface area contributed by atoms with E-state index in [1.165, 1.54) is 0 Å². The SMILES string of the molecule is CCNC(=O)c1ccc(Cl)cc1NC(=O)C(C)C1CNC1. The molecule has 1 saturated heterocycles. The van der Waals surface area contributed by atoms with Gasteiger partial charge >= 0.3 is 0 Å². The van der Waals surface area contributed by atoms with Gasteiger partial charge in [-0.3, -0.25) is 9.59 Å². The Bertz CT molecular complexity index is 544. The molecular weight excluding hydrogens is 290 g/mol. The molecule has 1 atom stereocenters. The molecule has 1 unspecified atom stereocenters. The third-order valence-corrected chi connectivity index (χ3v) is 3.99. The summed E-state index contributed by atoms with van der Waals surface area (Å²) in [6.45, 7) is 5.98. The molecule has 2 amide bonds. The molecule has 5 nitrogen and oxygen atoms in total. The average Bonchev–Trinajstić information content (AvgIpc) is 2.36. The fourth-order valence-corrected chi connectivity index (χ4v) is 2.37. The number of anilines is 1. The molecule has 1 heterocycles. The second kappa shape index (κ2) is 6.91. The summed E-state index contributed by atoms with van der Waals surface area (Å²) < 4.78 is 0. The third-order valence-electron chi connectivity index (χ3n) is 3.76. The highest BCUT2D eigenvalue weighted by atomic mass is 35.5. The summed E-state index contributed by atoms with van der Waals surface area (Å²) in [6, 6.07) is 4.87. The monoisotopic (exact) mass is 309 g/mol. The van der Waals surface area contributed by atoms with Crippen molar-refractivity contribution in [1.29, 1.82) is 0 Å². The van der Waals surface area contributed by atoms with Crippen molar-refractivity contribution in [3.8, 4) is 0 Å². The van der Waals surface area contributed by atoms with Crippen LogP contribution in [0.2, 0.25) is 5.02 Å². The van der Waals surface area contributed by atoms with E-state index in [1.54, 1.807) is 18.2 Å². The highest BCUT2D eigenvalue weighted by Gasteiger charge is 2.29. The lowest BCUT2D eigenvalue weighted by Gasteiger charge is -2.31. The first-order valence-electron chi connectivity index (χ1n) is 7.12. The van der Waals surface area contributed by atoms with E-state index in [1.807, 2.05) is 13.8 Å². The van der Waals surface area contributed by atoms with Gasteiger partial charge < -0.3 is 16.0 Å². The summed E-state index contributed by atoms with van der Waals surface area (Å²) in [6.07, 6.45) is 0. The van der Waals surface area contributed by atoms with E-state index < -0.39 is 0 Å².